The van der Waals surface area contributed by atoms with Crippen molar-refractivity contribution in [2.24, 2.45) is 0 Å². The Bertz CT molecular complexity index is 1460. The first-order valence-corrected chi connectivity index (χ1v) is 14.6. The van der Waals surface area contributed by atoms with Crippen molar-refractivity contribution < 1.29 is 23.9 Å². The minimum absolute atomic E-state index is 0.0344. The van der Waals surface area contributed by atoms with E-state index in [-0.39, 0.29) is 24.4 Å². The van der Waals surface area contributed by atoms with E-state index in [9.17, 15) is 14.4 Å². The Balaban J connectivity index is 1.22. The van der Waals surface area contributed by atoms with Crippen molar-refractivity contribution >= 4 is 29.2 Å². The molecular formula is C33H39N5O5. The molecule has 2 aliphatic heterocycles. The van der Waals surface area contributed by atoms with E-state index >= 15 is 0 Å². The standard InChI is InChI=1S/C33H39N5O5/c1-24-9-7-8-12-27(24)35-32(41)36-19-16-33(17-20-36)31(40)37(23-38(33)26-10-5-4-6-11-26)22-30(39)34-18-15-25-13-14-28(42-2)29(21-25)43-3/h4-14,21H,15-20,22-23H2,1-3H3,(H,34,39)(H,35,41). The fraction of sp³-hybridized carbons (Fsp3) is 0.364. The maximum absolute atomic E-state index is 14.0. The number of para-hydroxylation sites is 2. The van der Waals surface area contributed by atoms with Crippen LogP contribution in [-0.2, 0) is 16.0 Å². The lowest BCUT2D eigenvalue weighted by atomic mass is 9.85. The summed E-state index contributed by atoms with van der Waals surface area (Å²) < 4.78 is 10.7. The molecule has 2 fully saturated rings. The predicted octanol–water partition coefficient (Wildman–Crippen LogP) is 4.04. The molecule has 0 saturated carbocycles. The van der Waals surface area contributed by atoms with Gasteiger partial charge in [0, 0.05) is 31.0 Å². The number of likely N-dealkylation sites (tertiary alicyclic amines) is 1. The molecule has 10 nitrogen and oxygen atoms in total. The zero-order valence-electron chi connectivity index (χ0n) is 25.0. The number of nitrogens with one attached hydrogen (secondary N) is 2. The number of ether oxygens (including phenoxy) is 2. The van der Waals surface area contributed by atoms with E-state index in [1.807, 2.05) is 79.7 Å². The first-order chi connectivity index (χ1) is 20.8. The Morgan fingerprint density at radius 2 is 1.60 bits per heavy atom. The van der Waals surface area contributed by atoms with Crippen molar-refractivity contribution in [1.29, 1.82) is 0 Å². The minimum atomic E-state index is -0.819. The minimum Gasteiger partial charge on any atom is -0.493 e. The third kappa shape index (κ3) is 6.38. The molecule has 4 amide bonds. The first-order valence-electron chi connectivity index (χ1n) is 14.6. The lowest BCUT2D eigenvalue weighted by Gasteiger charge is -2.43. The molecule has 3 aromatic carbocycles. The van der Waals surface area contributed by atoms with Gasteiger partial charge in [0.05, 0.1) is 20.9 Å². The third-order valence-electron chi connectivity index (χ3n) is 8.36. The number of nitrogens with zero attached hydrogens (tertiary/aromatic N) is 3. The van der Waals surface area contributed by atoms with Crippen LogP contribution in [0, 0.1) is 6.92 Å². The molecule has 0 atom stereocenters. The Kier molecular flexibility index (Phi) is 9.04. The van der Waals surface area contributed by atoms with E-state index in [1.54, 1.807) is 24.0 Å². The number of amides is 4. The number of carbonyl (C=O) groups is 3. The number of benzene rings is 3. The van der Waals surface area contributed by atoms with E-state index in [0.717, 1.165) is 22.5 Å². The van der Waals surface area contributed by atoms with E-state index in [2.05, 4.69) is 15.5 Å². The summed E-state index contributed by atoms with van der Waals surface area (Å²) in [5.74, 6) is 0.996. The van der Waals surface area contributed by atoms with Gasteiger partial charge >= 0.3 is 6.03 Å². The Morgan fingerprint density at radius 1 is 0.907 bits per heavy atom. The topological polar surface area (TPSA) is 103 Å². The maximum Gasteiger partial charge on any atom is 0.321 e. The molecule has 2 saturated heterocycles. The van der Waals surface area contributed by atoms with Gasteiger partial charge in [0.15, 0.2) is 11.5 Å². The predicted molar refractivity (Wildman–Crippen MR) is 165 cm³/mol. The van der Waals surface area contributed by atoms with E-state index in [4.69, 9.17) is 9.47 Å². The average molecular weight is 586 g/mol. The second kappa shape index (κ2) is 13.1. The monoisotopic (exact) mass is 585 g/mol. The number of piperidine rings is 1. The Morgan fingerprint density at radius 3 is 2.30 bits per heavy atom. The van der Waals surface area contributed by atoms with Gasteiger partial charge in [0.1, 0.15) is 12.1 Å². The van der Waals surface area contributed by atoms with Crippen LogP contribution in [0.4, 0.5) is 16.2 Å². The number of aryl methyl sites for hydroxylation is 1. The van der Waals surface area contributed by atoms with Crippen molar-refractivity contribution in [2.75, 3.05) is 57.3 Å². The Hall–Kier alpha value is -4.73. The summed E-state index contributed by atoms with van der Waals surface area (Å²) in [7, 11) is 3.18. The van der Waals surface area contributed by atoms with Crippen molar-refractivity contribution in [3.63, 3.8) is 0 Å². The lowest BCUT2D eigenvalue weighted by molar-refractivity contribution is -0.137. The molecule has 2 aliphatic rings. The lowest BCUT2D eigenvalue weighted by Crippen LogP contribution is -2.58. The smallest absolute Gasteiger partial charge is 0.321 e. The summed E-state index contributed by atoms with van der Waals surface area (Å²) in [6.07, 6.45) is 1.55. The summed E-state index contributed by atoms with van der Waals surface area (Å²) in [5.41, 5.74) is 2.87. The van der Waals surface area contributed by atoms with Gasteiger partial charge in [-0.3, -0.25) is 9.59 Å². The van der Waals surface area contributed by atoms with Gasteiger partial charge in [-0.25, -0.2) is 4.79 Å². The molecular weight excluding hydrogens is 546 g/mol. The molecule has 2 N–H and O–H groups in total. The molecule has 0 aliphatic carbocycles. The third-order valence-corrected chi connectivity index (χ3v) is 8.36. The summed E-state index contributed by atoms with van der Waals surface area (Å²) in [6, 6.07) is 23.0. The van der Waals surface area contributed by atoms with E-state index < -0.39 is 5.54 Å². The number of methoxy groups -OCH3 is 2. The van der Waals surface area contributed by atoms with Crippen molar-refractivity contribution in [1.82, 2.24) is 15.1 Å². The number of carbonyl (C=O) groups excluding carboxylic acids is 3. The summed E-state index contributed by atoms with van der Waals surface area (Å²) >= 11 is 0. The van der Waals surface area contributed by atoms with Crippen LogP contribution in [0.5, 0.6) is 11.5 Å². The summed E-state index contributed by atoms with van der Waals surface area (Å²) in [6.45, 7) is 3.51. The SMILES string of the molecule is COc1ccc(CCNC(=O)CN2CN(c3ccccc3)C3(CCN(C(=O)Nc4ccccc4C)CC3)C2=O)cc1OC. The molecule has 0 radical (unpaired) electrons. The molecule has 0 bridgehead atoms. The molecule has 3 aromatic rings. The zero-order valence-corrected chi connectivity index (χ0v) is 25.0. The van der Waals surface area contributed by atoms with Crippen LogP contribution in [-0.4, -0.2) is 80.3 Å². The fourth-order valence-electron chi connectivity index (χ4n) is 5.92. The quantitative estimate of drug-likeness (QED) is 0.393. The molecule has 2 heterocycles. The van der Waals surface area contributed by atoms with Crippen LogP contribution < -0.4 is 25.0 Å². The molecule has 10 heteroatoms. The molecule has 226 valence electrons. The number of anilines is 2. The van der Waals surface area contributed by atoms with Crippen LogP contribution in [0.15, 0.2) is 72.8 Å². The van der Waals surface area contributed by atoms with Gasteiger partial charge in [-0.2, -0.15) is 0 Å². The second-order valence-electron chi connectivity index (χ2n) is 11.0. The highest BCUT2D eigenvalue weighted by Gasteiger charge is 2.54. The van der Waals surface area contributed by atoms with Crippen LogP contribution in [0.1, 0.15) is 24.0 Å². The normalized spacial score (nSPS) is 15.9. The summed E-state index contributed by atoms with van der Waals surface area (Å²) in [5, 5.41) is 5.96. The van der Waals surface area contributed by atoms with E-state index in [1.165, 1.54) is 0 Å². The van der Waals surface area contributed by atoms with Crippen molar-refractivity contribution in [3.05, 3.63) is 83.9 Å². The van der Waals surface area contributed by atoms with Gasteiger partial charge in [-0.1, -0.05) is 42.5 Å². The van der Waals surface area contributed by atoms with Gasteiger partial charge in [0.2, 0.25) is 5.91 Å². The van der Waals surface area contributed by atoms with Crippen LogP contribution in [0.25, 0.3) is 0 Å². The number of rotatable bonds is 9. The average Bonchev–Trinajstić information content (AvgIpc) is 3.28. The molecule has 1 spiro atoms. The molecule has 5 rings (SSSR count). The highest BCUT2D eigenvalue weighted by atomic mass is 16.5. The highest BCUT2D eigenvalue weighted by molar-refractivity contribution is 5.97. The van der Waals surface area contributed by atoms with Gasteiger partial charge in [-0.05, 0) is 67.6 Å². The maximum atomic E-state index is 14.0. The molecule has 0 aromatic heterocycles. The number of hydrogen-bond acceptors (Lipinski definition) is 6. The van der Waals surface area contributed by atoms with Gasteiger partial charge < -0.3 is 34.8 Å². The van der Waals surface area contributed by atoms with Crippen LogP contribution in [0.2, 0.25) is 0 Å². The second-order valence-corrected chi connectivity index (χ2v) is 11.0. The van der Waals surface area contributed by atoms with Gasteiger partial charge in [0.25, 0.3) is 5.91 Å². The molecule has 0 unspecified atom stereocenters. The van der Waals surface area contributed by atoms with Crippen LogP contribution in [0.3, 0.4) is 0 Å². The number of hydrogen-bond donors (Lipinski definition) is 2. The zero-order chi connectivity index (χ0) is 30.4. The van der Waals surface area contributed by atoms with Gasteiger partial charge in [-0.15, -0.1) is 0 Å². The van der Waals surface area contributed by atoms with Crippen molar-refractivity contribution in [3.8, 4) is 11.5 Å². The highest BCUT2D eigenvalue weighted by Crippen LogP contribution is 2.39. The number of urea groups is 1. The fourth-order valence-corrected chi connectivity index (χ4v) is 5.92. The summed E-state index contributed by atoms with van der Waals surface area (Å²) in [4.78, 5) is 45.6. The molecule has 43 heavy (non-hydrogen) atoms. The van der Waals surface area contributed by atoms with Crippen molar-refractivity contribution in [2.45, 2.75) is 31.7 Å². The van der Waals surface area contributed by atoms with Crippen LogP contribution >= 0.6 is 0 Å². The van der Waals surface area contributed by atoms with E-state index in [0.29, 0.717) is 57.1 Å². The first kappa shape index (κ1) is 29.8. The Labute approximate surface area is 252 Å². The largest absolute Gasteiger partial charge is 0.493 e.